The summed E-state index contributed by atoms with van der Waals surface area (Å²) in [5, 5.41) is 9.03. The number of amides is 1. The number of carboxylic acids is 1. The smallest absolute Gasteiger partial charge is 0.306 e. The van der Waals surface area contributed by atoms with Gasteiger partial charge in [-0.05, 0) is 44.5 Å². The molecule has 0 aliphatic carbocycles. The highest BCUT2D eigenvalue weighted by atomic mass is 16.5. The maximum atomic E-state index is 12.4. The third kappa shape index (κ3) is 5.19. The van der Waals surface area contributed by atoms with Gasteiger partial charge in [0, 0.05) is 32.1 Å². The van der Waals surface area contributed by atoms with Crippen LogP contribution in [0.3, 0.4) is 0 Å². The maximum Gasteiger partial charge on any atom is 0.306 e. The Balaban J connectivity index is 1.81. The van der Waals surface area contributed by atoms with Crippen LogP contribution in [0, 0.1) is 5.92 Å². The van der Waals surface area contributed by atoms with Crippen molar-refractivity contribution in [3.8, 4) is 5.75 Å². The Morgan fingerprint density at radius 3 is 2.64 bits per heavy atom. The van der Waals surface area contributed by atoms with Crippen molar-refractivity contribution in [3.63, 3.8) is 0 Å². The minimum Gasteiger partial charge on any atom is -0.497 e. The quantitative estimate of drug-likeness (QED) is 0.819. The van der Waals surface area contributed by atoms with Crippen molar-refractivity contribution in [2.45, 2.75) is 32.2 Å². The van der Waals surface area contributed by atoms with Crippen molar-refractivity contribution < 1.29 is 19.4 Å². The van der Waals surface area contributed by atoms with Gasteiger partial charge in [0.2, 0.25) is 5.91 Å². The molecule has 0 aromatic heterocycles. The van der Waals surface area contributed by atoms with E-state index in [0.29, 0.717) is 38.9 Å². The number of nitrogens with zero attached hydrogens (tertiary/aromatic N) is 2. The van der Waals surface area contributed by atoms with Gasteiger partial charge in [0.05, 0.1) is 13.0 Å². The van der Waals surface area contributed by atoms with E-state index in [1.807, 2.05) is 25.2 Å². The molecule has 6 nitrogen and oxygen atoms in total. The van der Waals surface area contributed by atoms with Gasteiger partial charge in [0.15, 0.2) is 0 Å². The molecule has 138 valence electrons. The second-order valence-corrected chi connectivity index (χ2v) is 6.68. The van der Waals surface area contributed by atoms with Crippen LogP contribution in [0.2, 0.25) is 0 Å². The molecule has 1 aliphatic rings. The molecule has 6 heteroatoms. The van der Waals surface area contributed by atoms with Gasteiger partial charge in [0.25, 0.3) is 0 Å². The topological polar surface area (TPSA) is 70.1 Å². The summed E-state index contributed by atoms with van der Waals surface area (Å²) in [6, 6.07) is 8.14. The average Bonchev–Trinajstić information content (AvgIpc) is 2.65. The predicted octanol–water partition coefficient (Wildman–Crippen LogP) is 2.40. The van der Waals surface area contributed by atoms with Crippen LogP contribution in [0.4, 0.5) is 0 Å². The van der Waals surface area contributed by atoms with E-state index in [1.165, 1.54) is 0 Å². The van der Waals surface area contributed by atoms with Crippen LogP contribution < -0.4 is 4.74 Å². The minimum atomic E-state index is -0.751. The number of hydrogen-bond acceptors (Lipinski definition) is 4. The highest BCUT2D eigenvalue weighted by Crippen LogP contribution is 2.23. The van der Waals surface area contributed by atoms with E-state index in [-0.39, 0.29) is 17.9 Å². The lowest BCUT2D eigenvalue weighted by Crippen LogP contribution is -2.41. The lowest BCUT2D eigenvalue weighted by atomic mass is 9.97. The predicted molar refractivity (Wildman–Crippen MR) is 95.6 cm³/mol. The first-order valence-corrected chi connectivity index (χ1v) is 8.77. The summed E-state index contributed by atoms with van der Waals surface area (Å²) in [5.74, 6) is -0.123. The number of aliphatic carboxylic acids is 1. The van der Waals surface area contributed by atoms with Gasteiger partial charge in [-0.25, -0.2) is 0 Å². The molecule has 0 spiro atoms. The summed E-state index contributed by atoms with van der Waals surface area (Å²) >= 11 is 0. The summed E-state index contributed by atoms with van der Waals surface area (Å²) in [4.78, 5) is 27.3. The standard InChI is InChI=1S/C19H28N2O4/c1-14(16-5-4-6-17(13-16)25-3)20(2)10-9-18(22)21-11-7-15(8-12-21)19(23)24/h4-6,13-15H,7-12H2,1-3H3,(H,23,24)/t14-/m0/s1. The van der Waals surface area contributed by atoms with Crippen molar-refractivity contribution in [1.82, 2.24) is 9.80 Å². The third-order valence-corrected chi connectivity index (χ3v) is 5.11. The summed E-state index contributed by atoms with van der Waals surface area (Å²) in [5.41, 5.74) is 1.15. The van der Waals surface area contributed by atoms with Crippen LogP contribution in [0.5, 0.6) is 5.75 Å². The van der Waals surface area contributed by atoms with Gasteiger partial charge in [0.1, 0.15) is 5.75 Å². The first kappa shape index (κ1) is 19.2. The summed E-state index contributed by atoms with van der Waals surface area (Å²) in [6.07, 6.45) is 1.55. The fourth-order valence-electron chi connectivity index (χ4n) is 3.16. The molecule has 1 heterocycles. The van der Waals surface area contributed by atoms with E-state index in [1.54, 1.807) is 12.0 Å². The maximum absolute atomic E-state index is 12.4. The Morgan fingerprint density at radius 2 is 2.04 bits per heavy atom. The summed E-state index contributed by atoms with van der Waals surface area (Å²) in [6.45, 7) is 3.86. The number of rotatable bonds is 7. The number of ether oxygens (including phenoxy) is 1. The van der Waals surface area contributed by atoms with Gasteiger partial charge in [-0.2, -0.15) is 0 Å². The average molecular weight is 348 g/mol. The lowest BCUT2D eigenvalue weighted by molar-refractivity contribution is -0.145. The molecule has 1 atom stereocenters. The van der Waals surface area contributed by atoms with Crippen molar-refractivity contribution in [2.24, 2.45) is 5.92 Å². The molecule has 0 unspecified atom stereocenters. The number of carbonyl (C=O) groups is 2. The normalized spacial score (nSPS) is 16.7. The van der Waals surface area contributed by atoms with Gasteiger partial charge >= 0.3 is 5.97 Å². The van der Waals surface area contributed by atoms with Gasteiger partial charge in [-0.3, -0.25) is 14.5 Å². The van der Waals surface area contributed by atoms with Crippen LogP contribution in [0.15, 0.2) is 24.3 Å². The van der Waals surface area contributed by atoms with Gasteiger partial charge in [-0.1, -0.05) is 12.1 Å². The van der Waals surface area contributed by atoms with Gasteiger partial charge in [-0.15, -0.1) is 0 Å². The highest BCUT2D eigenvalue weighted by molar-refractivity contribution is 5.77. The van der Waals surface area contributed by atoms with Crippen molar-refractivity contribution in [1.29, 1.82) is 0 Å². The Hall–Kier alpha value is -2.08. The number of carbonyl (C=O) groups excluding carboxylic acids is 1. The number of methoxy groups -OCH3 is 1. The summed E-state index contributed by atoms with van der Waals surface area (Å²) in [7, 11) is 3.66. The second kappa shape index (κ2) is 8.85. The number of benzene rings is 1. The first-order chi connectivity index (χ1) is 11.9. The van der Waals surface area contributed by atoms with E-state index in [0.717, 1.165) is 11.3 Å². The first-order valence-electron chi connectivity index (χ1n) is 8.77. The molecule has 1 N–H and O–H groups in total. The molecular weight excluding hydrogens is 320 g/mol. The molecule has 1 aliphatic heterocycles. The second-order valence-electron chi connectivity index (χ2n) is 6.68. The fraction of sp³-hybridized carbons (Fsp3) is 0.579. The van der Waals surface area contributed by atoms with Gasteiger partial charge < -0.3 is 14.7 Å². The van der Waals surface area contributed by atoms with E-state index < -0.39 is 5.97 Å². The molecule has 0 saturated carbocycles. The molecule has 0 bridgehead atoms. The van der Waals surface area contributed by atoms with E-state index >= 15 is 0 Å². The zero-order valence-corrected chi connectivity index (χ0v) is 15.3. The molecule has 2 rings (SSSR count). The molecule has 1 aromatic carbocycles. The Morgan fingerprint density at radius 1 is 1.36 bits per heavy atom. The number of carboxylic acid groups (broad SMARTS) is 1. The van der Waals surface area contributed by atoms with Crippen LogP contribution in [0.25, 0.3) is 0 Å². The number of likely N-dealkylation sites (tertiary alicyclic amines) is 1. The van der Waals surface area contributed by atoms with Crippen LogP contribution in [-0.2, 0) is 9.59 Å². The van der Waals surface area contributed by atoms with Crippen LogP contribution >= 0.6 is 0 Å². The Kier molecular flexibility index (Phi) is 6.82. The molecule has 1 amide bonds. The summed E-state index contributed by atoms with van der Waals surface area (Å²) < 4.78 is 5.27. The van der Waals surface area contributed by atoms with Crippen molar-refractivity contribution in [3.05, 3.63) is 29.8 Å². The van der Waals surface area contributed by atoms with E-state index in [2.05, 4.69) is 17.9 Å². The van der Waals surface area contributed by atoms with Crippen LogP contribution in [-0.4, -0.2) is 60.6 Å². The third-order valence-electron chi connectivity index (χ3n) is 5.11. The van der Waals surface area contributed by atoms with Crippen molar-refractivity contribution >= 4 is 11.9 Å². The number of hydrogen-bond donors (Lipinski definition) is 1. The molecule has 1 fully saturated rings. The Labute approximate surface area is 149 Å². The molecule has 1 aromatic rings. The lowest BCUT2D eigenvalue weighted by Gasteiger charge is -2.31. The minimum absolute atomic E-state index is 0.105. The largest absolute Gasteiger partial charge is 0.497 e. The fourth-order valence-corrected chi connectivity index (χ4v) is 3.16. The molecule has 25 heavy (non-hydrogen) atoms. The van der Waals surface area contributed by atoms with E-state index in [9.17, 15) is 9.59 Å². The Bertz CT molecular complexity index is 597. The van der Waals surface area contributed by atoms with Crippen LogP contribution in [0.1, 0.15) is 37.8 Å². The van der Waals surface area contributed by atoms with E-state index in [4.69, 9.17) is 9.84 Å². The monoisotopic (exact) mass is 348 g/mol. The molecule has 0 radical (unpaired) electrons. The SMILES string of the molecule is COc1cccc([C@H](C)N(C)CCC(=O)N2CCC(C(=O)O)CC2)c1. The zero-order chi connectivity index (χ0) is 18.4. The number of piperidine rings is 1. The highest BCUT2D eigenvalue weighted by Gasteiger charge is 2.27. The van der Waals surface area contributed by atoms with Crippen molar-refractivity contribution in [2.75, 3.05) is 33.8 Å². The zero-order valence-electron chi connectivity index (χ0n) is 15.3. The molecule has 1 saturated heterocycles. The molecular formula is C19H28N2O4.